The standard InChI is InChI=1S/C30H33N5O5/c1-5-30(3,4)31-28(38)27(20-14-16-23(36)17-15-20)35(22-11-9-10-21(18-22)29(39)40-6-2)26(37)19-34-25-13-8-7-12-24(25)32-33-34/h7-18,27,36H,5-6,19H2,1-4H3,(H,31,38)/t27-/m1/s1. The average molecular weight is 544 g/mol. The van der Waals surface area contributed by atoms with Crippen molar-refractivity contribution in [3.05, 3.63) is 83.9 Å². The number of esters is 1. The highest BCUT2D eigenvalue weighted by Gasteiger charge is 2.35. The molecule has 0 saturated carbocycles. The number of benzene rings is 3. The quantitative estimate of drug-likeness (QED) is 0.284. The van der Waals surface area contributed by atoms with E-state index < -0.39 is 29.4 Å². The molecular formula is C30H33N5O5. The van der Waals surface area contributed by atoms with Crippen LogP contribution in [0.15, 0.2) is 72.8 Å². The minimum absolute atomic E-state index is 0.0214. The molecule has 1 aromatic heterocycles. The van der Waals surface area contributed by atoms with Gasteiger partial charge in [0.15, 0.2) is 0 Å². The lowest BCUT2D eigenvalue weighted by Crippen LogP contribution is -2.51. The van der Waals surface area contributed by atoms with Crippen molar-refractivity contribution in [3.8, 4) is 5.75 Å². The first-order valence-electron chi connectivity index (χ1n) is 13.1. The van der Waals surface area contributed by atoms with Crippen molar-refractivity contribution in [1.29, 1.82) is 0 Å². The molecular weight excluding hydrogens is 510 g/mol. The molecule has 3 aromatic carbocycles. The number of rotatable bonds is 10. The molecule has 0 fully saturated rings. The number of carbonyl (C=O) groups is 3. The van der Waals surface area contributed by atoms with Crippen LogP contribution in [0.3, 0.4) is 0 Å². The monoisotopic (exact) mass is 543 g/mol. The van der Waals surface area contributed by atoms with Crippen molar-refractivity contribution in [3.63, 3.8) is 0 Å². The molecule has 1 heterocycles. The van der Waals surface area contributed by atoms with Gasteiger partial charge in [0.1, 0.15) is 23.9 Å². The second kappa shape index (κ2) is 12.0. The summed E-state index contributed by atoms with van der Waals surface area (Å²) in [6.45, 7) is 7.43. The van der Waals surface area contributed by atoms with Crippen molar-refractivity contribution in [2.24, 2.45) is 0 Å². The molecule has 0 unspecified atom stereocenters. The zero-order chi connectivity index (χ0) is 28.9. The van der Waals surface area contributed by atoms with Crippen LogP contribution in [0.1, 0.15) is 56.1 Å². The van der Waals surface area contributed by atoms with E-state index >= 15 is 0 Å². The molecule has 0 saturated heterocycles. The first-order chi connectivity index (χ1) is 19.1. The van der Waals surface area contributed by atoms with Crippen LogP contribution in [0.5, 0.6) is 5.75 Å². The SMILES string of the molecule is CCOC(=O)c1cccc(N(C(=O)Cn2nnc3ccccc32)[C@@H](C(=O)NC(C)(C)CC)c2ccc(O)cc2)c1. The number of phenolic OH excluding ortho intramolecular Hbond substituents is 1. The summed E-state index contributed by atoms with van der Waals surface area (Å²) in [7, 11) is 0. The number of hydrogen-bond acceptors (Lipinski definition) is 7. The summed E-state index contributed by atoms with van der Waals surface area (Å²) in [6.07, 6.45) is 0.651. The minimum Gasteiger partial charge on any atom is -0.508 e. The van der Waals surface area contributed by atoms with E-state index in [1.54, 1.807) is 43.3 Å². The first kappa shape index (κ1) is 28.3. The third-order valence-electron chi connectivity index (χ3n) is 6.67. The summed E-state index contributed by atoms with van der Waals surface area (Å²) in [5.74, 6) is -1.40. The topological polar surface area (TPSA) is 127 Å². The minimum atomic E-state index is -1.13. The second-order valence-electron chi connectivity index (χ2n) is 9.99. The third kappa shape index (κ3) is 6.28. The molecule has 10 nitrogen and oxygen atoms in total. The molecule has 10 heteroatoms. The van der Waals surface area contributed by atoms with E-state index in [0.717, 1.165) is 0 Å². The van der Waals surface area contributed by atoms with Crippen LogP contribution < -0.4 is 10.2 Å². The molecule has 208 valence electrons. The maximum absolute atomic E-state index is 14.2. The van der Waals surface area contributed by atoms with E-state index in [4.69, 9.17) is 4.74 Å². The van der Waals surface area contributed by atoms with Gasteiger partial charge in [-0.25, -0.2) is 9.48 Å². The Morgan fingerprint density at radius 1 is 1.02 bits per heavy atom. The van der Waals surface area contributed by atoms with Crippen LogP contribution in [-0.2, 0) is 20.9 Å². The molecule has 0 bridgehead atoms. The number of aromatic hydroxyl groups is 1. The lowest BCUT2D eigenvalue weighted by atomic mass is 9.98. The fourth-order valence-corrected chi connectivity index (χ4v) is 4.24. The Hall–Kier alpha value is -4.73. The highest BCUT2D eigenvalue weighted by atomic mass is 16.5. The second-order valence-corrected chi connectivity index (χ2v) is 9.99. The molecule has 2 N–H and O–H groups in total. The molecule has 0 aliphatic heterocycles. The number of carbonyl (C=O) groups excluding carboxylic acids is 3. The lowest BCUT2D eigenvalue weighted by Gasteiger charge is -2.34. The van der Waals surface area contributed by atoms with Gasteiger partial charge in [0.25, 0.3) is 0 Å². The first-order valence-corrected chi connectivity index (χ1v) is 13.1. The van der Waals surface area contributed by atoms with Crippen molar-refractivity contribution >= 4 is 34.5 Å². The number of amides is 2. The molecule has 1 atom stereocenters. The Morgan fingerprint density at radius 3 is 2.45 bits per heavy atom. The summed E-state index contributed by atoms with van der Waals surface area (Å²) in [5, 5.41) is 21.3. The summed E-state index contributed by atoms with van der Waals surface area (Å²) in [5.41, 5.74) is 1.76. The summed E-state index contributed by atoms with van der Waals surface area (Å²) >= 11 is 0. The average Bonchev–Trinajstić information content (AvgIpc) is 3.34. The van der Waals surface area contributed by atoms with E-state index in [1.807, 2.05) is 39.0 Å². The fourth-order valence-electron chi connectivity index (χ4n) is 4.24. The molecule has 4 aromatic rings. The van der Waals surface area contributed by atoms with Crippen LogP contribution >= 0.6 is 0 Å². The normalized spacial score (nSPS) is 12.1. The zero-order valence-corrected chi connectivity index (χ0v) is 23.0. The van der Waals surface area contributed by atoms with Crippen LogP contribution in [0.4, 0.5) is 5.69 Å². The maximum atomic E-state index is 14.2. The molecule has 2 amide bonds. The molecule has 0 radical (unpaired) electrons. The van der Waals surface area contributed by atoms with Gasteiger partial charge in [-0.2, -0.15) is 0 Å². The molecule has 40 heavy (non-hydrogen) atoms. The van der Waals surface area contributed by atoms with Gasteiger partial charge in [-0.05, 0) is 75.2 Å². The van der Waals surface area contributed by atoms with Gasteiger partial charge in [-0.15, -0.1) is 5.10 Å². The smallest absolute Gasteiger partial charge is 0.338 e. The number of hydrogen-bond donors (Lipinski definition) is 2. The van der Waals surface area contributed by atoms with Gasteiger partial charge < -0.3 is 15.2 Å². The molecule has 4 rings (SSSR count). The van der Waals surface area contributed by atoms with Crippen molar-refractivity contribution in [2.75, 3.05) is 11.5 Å². The van der Waals surface area contributed by atoms with E-state index in [1.165, 1.54) is 27.8 Å². The number of aromatic nitrogens is 3. The summed E-state index contributed by atoms with van der Waals surface area (Å²) in [4.78, 5) is 42.1. The Bertz CT molecular complexity index is 1510. The number of fused-ring (bicyclic) bond motifs is 1. The predicted molar refractivity (Wildman–Crippen MR) is 151 cm³/mol. The van der Waals surface area contributed by atoms with Crippen molar-refractivity contribution in [2.45, 2.75) is 52.2 Å². The van der Waals surface area contributed by atoms with E-state index in [2.05, 4.69) is 15.6 Å². The van der Waals surface area contributed by atoms with E-state index in [9.17, 15) is 19.5 Å². The number of anilines is 1. The van der Waals surface area contributed by atoms with Gasteiger partial charge in [0, 0.05) is 11.2 Å². The Kier molecular flexibility index (Phi) is 8.47. The lowest BCUT2D eigenvalue weighted by molar-refractivity contribution is -0.128. The van der Waals surface area contributed by atoms with Crippen molar-refractivity contribution < 1.29 is 24.2 Å². The highest BCUT2D eigenvalue weighted by Crippen LogP contribution is 2.31. The maximum Gasteiger partial charge on any atom is 0.338 e. The van der Waals surface area contributed by atoms with E-state index in [0.29, 0.717) is 28.7 Å². The van der Waals surface area contributed by atoms with Crippen LogP contribution in [-0.4, -0.2) is 50.0 Å². The number of phenols is 1. The fraction of sp³-hybridized carbons (Fsp3) is 0.300. The zero-order valence-electron chi connectivity index (χ0n) is 23.0. The Labute approximate surface area is 232 Å². The molecule has 0 aliphatic carbocycles. The van der Waals surface area contributed by atoms with E-state index in [-0.39, 0.29) is 24.5 Å². The summed E-state index contributed by atoms with van der Waals surface area (Å²) in [6, 6.07) is 18.7. The van der Waals surface area contributed by atoms with Crippen LogP contribution in [0.25, 0.3) is 11.0 Å². The predicted octanol–water partition coefficient (Wildman–Crippen LogP) is 4.39. The third-order valence-corrected chi connectivity index (χ3v) is 6.67. The summed E-state index contributed by atoms with van der Waals surface area (Å²) < 4.78 is 6.64. The Morgan fingerprint density at radius 2 is 1.75 bits per heavy atom. The number of nitrogens with one attached hydrogen (secondary N) is 1. The van der Waals surface area contributed by atoms with Crippen LogP contribution in [0, 0.1) is 0 Å². The Balaban J connectivity index is 1.85. The highest BCUT2D eigenvalue weighted by molar-refractivity contribution is 6.02. The molecule has 0 aliphatic rings. The van der Waals surface area contributed by atoms with Gasteiger partial charge in [-0.3, -0.25) is 14.5 Å². The molecule has 0 spiro atoms. The van der Waals surface area contributed by atoms with Gasteiger partial charge in [0.05, 0.1) is 17.7 Å². The largest absolute Gasteiger partial charge is 0.508 e. The van der Waals surface area contributed by atoms with Crippen molar-refractivity contribution in [1.82, 2.24) is 20.3 Å². The van der Waals surface area contributed by atoms with Crippen LogP contribution in [0.2, 0.25) is 0 Å². The number of para-hydroxylation sites is 1. The van der Waals surface area contributed by atoms with Gasteiger partial charge in [-0.1, -0.05) is 42.5 Å². The number of ether oxygens (including phenoxy) is 1. The van der Waals surface area contributed by atoms with Gasteiger partial charge in [0.2, 0.25) is 11.8 Å². The van der Waals surface area contributed by atoms with Gasteiger partial charge >= 0.3 is 5.97 Å². The number of nitrogens with zero attached hydrogens (tertiary/aromatic N) is 4.